The highest BCUT2D eigenvalue weighted by atomic mass is 16.6. The summed E-state index contributed by atoms with van der Waals surface area (Å²) in [7, 11) is 0. The van der Waals surface area contributed by atoms with Gasteiger partial charge in [0.05, 0.1) is 29.3 Å². The number of rotatable bonds is 9. The highest BCUT2D eigenvalue weighted by Gasteiger charge is 2.72. The lowest BCUT2D eigenvalue weighted by molar-refractivity contribution is -0.385. The molecule has 3 aliphatic carbocycles. The molecule has 4 aliphatic rings. The number of benzene rings is 3. The molecule has 0 spiro atoms. The van der Waals surface area contributed by atoms with E-state index in [1.807, 2.05) is 0 Å². The van der Waals surface area contributed by atoms with E-state index in [0.717, 1.165) is 6.07 Å². The first kappa shape index (κ1) is 40.9. The van der Waals surface area contributed by atoms with Crippen LogP contribution >= 0.6 is 0 Å². The summed E-state index contributed by atoms with van der Waals surface area (Å²) >= 11 is 0. The Kier molecular flexibility index (Phi) is 10.5. The Morgan fingerprint density at radius 3 is 2.19 bits per heavy atom. The van der Waals surface area contributed by atoms with Crippen LogP contribution in [0.25, 0.3) is 0 Å². The van der Waals surface area contributed by atoms with E-state index in [-0.39, 0.29) is 36.2 Å². The van der Waals surface area contributed by atoms with Crippen LogP contribution in [0.5, 0.6) is 0 Å². The Morgan fingerprint density at radius 1 is 0.948 bits per heavy atom. The molecular formula is C44H48N2O12. The fourth-order valence-electron chi connectivity index (χ4n) is 10.4. The molecule has 4 N–H and O–H groups in total. The summed E-state index contributed by atoms with van der Waals surface area (Å²) in [6.45, 7) is 8.28. The summed E-state index contributed by atoms with van der Waals surface area (Å²) in [5.74, 6) is -5.23. The molecule has 14 heteroatoms. The lowest BCUT2D eigenvalue weighted by atomic mass is 9.43. The summed E-state index contributed by atoms with van der Waals surface area (Å²) in [4.78, 5) is 68.0. The van der Waals surface area contributed by atoms with Gasteiger partial charge in [-0.3, -0.25) is 19.7 Å². The van der Waals surface area contributed by atoms with Crippen LogP contribution in [0.15, 0.2) is 96.1 Å². The highest BCUT2D eigenvalue weighted by Crippen LogP contribution is 2.64. The number of esters is 2. The number of nitrogens with zero attached hydrogens (tertiary/aromatic N) is 1. The quantitative estimate of drug-likeness (QED) is 0.0995. The van der Waals surface area contributed by atoms with Crippen LogP contribution < -0.4 is 5.32 Å². The first-order valence-corrected chi connectivity index (χ1v) is 19.4. The van der Waals surface area contributed by atoms with E-state index in [0.29, 0.717) is 12.0 Å². The standard InChI is InChI=1S/C44H48N2O12/c1-24-30(57-40(51)34(47)33(26-14-8-6-9-15-26)45-38(49)27-16-10-7-11-17-27)22-44(53)25(2)36-42(5,21-20-31-43(36,52)23-56-31)37(48)35(32(24)41(44,3)4)58-39(50)28-18-12-13-19-29(28)46(54)55/h6-19,25,30-31,33-36,47,52-53H,20-23H2,1-5H3,(H,45,49)/t25?,30?,31?,33?,34?,35?,36?,42-,43?,44?/m1/s1. The predicted octanol–water partition coefficient (Wildman–Crippen LogP) is 4.81. The number of aliphatic hydroxyl groups is 3. The SMILES string of the molecule is CC1=C2C(OC(=O)c3ccccc3[N+](=O)[O-])C(=O)[C@]3(C)CCC4OCC4(O)C3C(C)C(O)(CC1OC(=O)C(O)C(NC(=O)c1ccccc1)c1ccccc1)C2(C)C. The van der Waals surface area contributed by atoms with E-state index in [1.165, 1.54) is 18.2 Å². The summed E-state index contributed by atoms with van der Waals surface area (Å²) < 4.78 is 17.9. The minimum absolute atomic E-state index is 0.103. The minimum Gasteiger partial charge on any atom is -0.456 e. The second kappa shape index (κ2) is 14.8. The third-order valence-electron chi connectivity index (χ3n) is 13.5. The zero-order valence-electron chi connectivity index (χ0n) is 32.9. The lowest BCUT2D eigenvalue weighted by Gasteiger charge is -2.66. The van der Waals surface area contributed by atoms with Crippen molar-refractivity contribution < 1.29 is 53.6 Å². The average Bonchev–Trinajstić information content (AvgIpc) is 3.20. The van der Waals surface area contributed by atoms with Crippen molar-refractivity contribution in [1.82, 2.24) is 5.32 Å². The van der Waals surface area contributed by atoms with Gasteiger partial charge in [0, 0.05) is 34.8 Å². The molecule has 2 bridgehead atoms. The van der Waals surface area contributed by atoms with Crippen LogP contribution in [0.1, 0.15) is 86.2 Å². The molecule has 14 nitrogen and oxygen atoms in total. The van der Waals surface area contributed by atoms with Gasteiger partial charge in [-0.15, -0.1) is 0 Å². The van der Waals surface area contributed by atoms with Crippen molar-refractivity contribution in [3.05, 3.63) is 123 Å². The van der Waals surface area contributed by atoms with Crippen LogP contribution in [0.4, 0.5) is 5.69 Å². The number of ether oxygens (including phenoxy) is 3. The number of nitrogens with one attached hydrogen (secondary N) is 1. The first-order valence-electron chi connectivity index (χ1n) is 19.4. The van der Waals surface area contributed by atoms with Gasteiger partial charge in [-0.05, 0) is 60.6 Å². The molecular weight excluding hydrogens is 748 g/mol. The van der Waals surface area contributed by atoms with Crippen molar-refractivity contribution in [2.45, 2.75) is 95.5 Å². The van der Waals surface area contributed by atoms with Crippen molar-refractivity contribution in [2.75, 3.05) is 6.61 Å². The Labute approximate surface area is 335 Å². The topological polar surface area (TPSA) is 212 Å². The van der Waals surface area contributed by atoms with Crippen molar-refractivity contribution in [3.63, 3.8) is 0 Å². The molecule has 1 aliphatic heterocycles. The molecule has 10 atom stereocenters. The maximum absolute atomic E-state index is 15.3. The third kappa shape index (κ3) is 6.42. The van der Waals surface area contributed by atoms with Crippen LogP contribution in [0.2, 0.25) is 0 Å². The smallest absolute Gasteiger partial charge is 0.346 e. The Hall–Kier alpha value is -5.28. The minimum atomic E-state index is -1.95. The fourth-order valence-corrected chi connectivity index (χ4v) is 10.4. The summed E-state index contributed by atoms with van der Waals surface area (Å²) in [6, 6.07) is 20.5. The number of aliphatic hydroxyl groups excluding tert-OH is 1. The van der Waals surface area contributed by atoms with E-state index < -0.39 is 104 Å². The molecule has 3 aromatic rings. The maximum Gasteiger partial charge on any atom is 0.346 e. The van der Waals surface area contributed by atoms with Crippen molar-refractivity contribution in [2.24, 2.45) is 22.7 Å². The number of ketones is 1. The molecule has 2 saturated carbocycles. The van der Waals surface area contributed by atoms with Gasteiger partial charge in [-0.2, -0.15) is 0 Å². The zero-order valence-corrected chi connectivity index (χ0v) is 32.9. The van der Waals surface area contributed by atoms with E-state index in [1.54, 1.807) is 95.3 Å². The Bertz CT molecular complexity index is 2170. The van der Waals surface area contributed by atoms with Gasteiger partial charge in [-0.1, -0.05) is 88.4 Å². The molecule has 0 radical (unpaired) electrons. The molecule has 1 saturated heterocycles. The van der Waals surface area contributed by atoms with Gasteiger partial charge >= 0.3 is 11.9 Å². The van der Waals surface area contributed by atoms with Gasteiger partial charge in [-0.25, -0.2) is 9.59 Å². The van der Waals surface area contributed by atoms with E-state index >= 15 is 4.79 Å². The zero-order chi connectivity index (χ0) is 41.9. The van der Waals surface area contributed by atoms with Gasteiger partial charge in [0.25, 0.3) is 11.6 Å². The second-order valence-electron chi connectivity index (χ2n) is 16.9. The second-order valence-corrected chi connectivity index (χ2v) is 16.9. The maximum atomic E-state index is 15.3. The number of amides is 1. The van der Waals surface area contributed by atoms with E-state index in [2.05, 4.69) is 5.32 Å². The van der Waals surface area contributed by atoms with E-state index in [9.17, 15) is 39.8 Å². The molecule has 7 rings (SSSR count). The lowest BCUT2D eigenvalue weighted by Crippen LogP contribution is -2.76. The number of hydrogen-bond donors (Lipinski definition) is 4. The van der Waals surface area contributed by atoms with Gasteiger partial charge in [0.1, 0.15) is 17.3 Å². The average molecular weight is 797 g/mol. The van der Waals surface area contributed by atoms with E-state index in [4.69, 9.17) is 14.2 Å². The molecule has 9 unspecified atom stereocenters. The number of fused-ring (bicyclic) bond motifs is 5. The summed E-state index contributed by atoms with van der Waals surface area (Å²) in [5.41, 5.74) is -6.02. The van der Waals surface area contributed by atoms with Gasteiger partial charge in [0.15, 0.2) is 18.0 Å². The fraction of sp³-hybridized carbons (Fsp3) is 0.455. The molecule has 306 valence electrons. The first-order chi connectivity index (χ1) is 27.4. The largest absolute Gasteiger partial charge is 0.456 e. The van der Waals surface area contributed by atoms with Crippen molar-refractivity contribution in [3.8, 4) is 0 Å². The molecule has 1 amide bonds. The molecule has 58 heavy (non-hydrogen) atoms. The number of carbonyl (C=O) groups excluding carboxylic acids is 4. The Morgan fingerprint density at radius 2 is 1.57 bits per heavy atom. The van der Waals surface area contributed by atoms with Crippen LogP contribution in [0.3, 0.4) is 0 Å². The van der Waals surface area contributed by atoms with Crippen LogP contribution in [-0.2, 0) is 23.8 Å². The van der Waals surface area contributed by atoms with Crippen molar-refractivity contribution in [1.29, 1.82) is 0 Å². The summed E-state index contributed by atoms with van der Waals surface area (Å²) in [6.07, 6.45) is -5.34. The molecule has 3 fully saturated rings. The number of nitro benzene ring substituents is 1. The molecule has 0 aromatic heterocycles. The summed E-state index contributed by atoms with van der Waals surface area (Å²) in [5, 5.41) is 51.8. The van der Waals surface area contributed by atoms with Crippen molar-refractivity contribution >= 4 is 29.3 Å². The normalized spacial score (nSPS) is 32.1. The monoisotopic (exact) mass is 796 g/mol. The number of para-hydroxylation sites is 1. The predicted molar refractivity (Wildman–Crippen MR) is 207 cm³/mol. The van der Waals surface area contributed by atoms with Crippen LogP contribution in [-0.4, -0.2) is 86.1 Å². The molecule has 3 aromatic carbocycles. The van der Waals surface area contributed by atoms with Gasteiger partial charge < -0.3 is 34.8 Å². The number of nitro groups is 1. The number of hydrogen-bond acceptors (Lipinski definition) is 12. The van der Waals surface area contributed by atoms with Crippen LogP contribution in [0, 0.1) is 32.8 Å². The number of carbonyl (C=O) groups is 4. The third-order valence-corrected chi connectivity index (χ3v) is 13.5. The van der Waals surface area contributed by atoms with Gasteiger partial charge in [0.2, 0.25) is 0 Å². The molecule has 1 heterocycles. The highest BCUT2D eigenvalue weighted by molar-refractivity contribution is 5.99. The number of Topliss-reactive ketones (excluding diaryl/α,β-unsaturated/α-hetero) is 1. The Balaban J connectivity index is 1.32.